The molecule has 1 saturated carbocycles. The molecule has 1 N–H and O–H groups in total. The van der Waals surface area contributed by atoms with Crippen molar-refractivity contribution in [3.63, 3.8) is 0 Å². The summed E-state index contributed by atoms with van der Waals surface area (Å²) in [5.41, 5.74) is 0.362. The van der Waals surface area contributed by atoms with Crippen LogP contribution in [0.5, 0.6) is 0 Å². The van der Waals surface area contributed by atoms with Gasteiger partial charge in [-0.25, -0.2) is 9.78 Å². The van der Waals surface area contributed by atoms with E-state index in [-0.39, 0.29) is 23.8 Å². The Morgan fingerprint density at radius 1 is 1.10 bits per heavy atom. The Hall–Kier alpha value is -2.92. The van der Waals surface area contributed by atoms with Gasteiger partial charge in [-0.1, -0.05) is 38.8 Å². The molecule has 3 atom stereocenters. The van der Waals surface area contributed by atoms with Crippen LogP contribution in [0.25, 0.3) is 11.2 Å². The fraction of sp³-hybridized carbons (Fsp3) is 0.633. The topological polar surface area (TPSA) is 79.4 Å². The number of halogens is 3. The van der Waals surface area contributed by atoms with Crippen LogP contribution in [0.15, 0.2) is 29.1 Å². The number of hydrogen-bond donors (Lipinski definition) is 1. The van der Waals surface area contributed by atoms with E-state index < -0.39 is 17.3 Å². The molecule has 2 fully saturated rings. The zero-order valence-corrected chi connectivity index (χ0v) is 24.6. The van der Waals surface area contributed by atoms with Gasteiger partial charge in [0.25, 0.3) is 0 Å². The van der Waals surface area contributed by atoms with Gasteiger partial charge in [0.05, 0.1) is 17.7 Å². The molecule has 8 nitrogen and oxygen atoms in total. The third kappa shape index (κ3) is 5.50. The lowest BCUT2D eigenvalue weighted by atomic mass is 9.95. The zero-order valence-electron chi connectivity index (χ0n) is 24.6. The standard InChI is InChI=1S/C30H41F3N6O2/c1-6-23-17-37(19(3)16-38(23)24(7-2)21-10-12-22(13-11-21)30(31,32)33)26-25-27(36(5)28(40)35-26)39(20(4)34-25)18-29(41)14-8-9-15-29/h10-13,19,23-24,41H,6-9,14-18H2,1-5H3/t19-,23+,24?/m0/s1. The number of fused-ring (bicyclic) bond motifs is 1. The van der Waals surface area contributed by atoms with Crippen LogP contribution in [-0.4, -0.2) is 59.9 Å². The largest absolute Gasteiger partial charge is 0.416 e. The molecule has 41 heavy (non-hydrogen) atoms. The average molecular weight is 575 g/mol. The molecule has 0 spiro atoms. The molecule has 3 aromatic rings. The Kier molecular flexibility index (Phi) is 7.97. The second kappa shape index (κ2) is 11.1. The van der Waals surface area contributed by atoms with Crippen molar-refractivity contribution in [3.8, 4) is 0 Å². The zero-order chi connectivity index (χ0) is 29.7. The second-order valence-corrected chi connectivity index (χ2v) is 11.9. The summed E-state index contributed by atoms with van der Waals surface area (Å²) in [6.45, 7) is 9.83. The highest BCUT2D eigenvalue weighted by molar-refractivity contribution is 5.84. The predicted molar refractivity (Wildman–Crippen MR) is 153 cm³/mol. The maximum Gasteiger partial charge on any atom is 0.416 e. The number of hydrogen-bond acceptors (Lipinski definition) is 6. The number of aromatic nitrogens is 4. The Balaban J connectivity index is 1.48. The van der Waals surface area contributed by atoms with E-state index in [1.807, 2.05) is 11.5 Å². The fourth-order valence-electron chi connectivity index (χ4n) is 6.89. The van der Waals surface area contributed by atoms with Gasteiger partial charge in [0.1, 0.15) is 17.0 Å². The van der Waals surface area contributed by atoms with Gasteiger partial charge >= 0.3 is 11.9 Å². The van der Waals surface area contributed by atoms with Crippen molar-refractivity contribution in [1.82, 2.24) is 24.0 Å². The quantitative estimate of drug-likeness (QED) is 0.418. The number of aliphatic hydroxyl groups is 1. The first-order valence-corrected chi connectivity index (χ1v) is 14.7. The van der Waals surface area contributed by atoms with Crippen molar-refractivity contribution in [3.05, 3.63) is 51.7 Å². The summed E-state index contributed by atoms with van der Waals surface area (Å²) in [4.78, 5) is 27.1. The summed E-state index contributed by atoms with van der Waals surface area (Å²) < 4.78 is 43.0. The Morgan fingerprint density at radius 3 is 2.34 bits per heavy atom. The molecule has 2 aromatic heterocycles. The summed E-state index contributed by atoms with van der Waals surface area (Å²) in [6.07, 6.45) is 0.653. The van der Waals surface area contributed by atoms with Gasteiger partial charge in [0, 0.05) is 38.3 Å². The molecule has 0 radical (unpaired) electrons. The van der Waals surface area contributed by atoms with Crippen molar-refractivity contribution < 1.29 is 18.3 Å². The van der Waals surface area contributed by atoms with Crippen molar-refractivity contribution in [1.29, 1.82) is 0 Å². The molecule has 224 valence electrons. The molecule has 3 heterocycles. The number of aryl methyl sites for hydroxylation is 2. The smallest absolute Gasteiger partial charge is 0.388 e. The van der Waals surface area contributed by atoms with Gasteiger partial charge in [0.15, 0.2) is 5.82 Å². The van der Waals surface area contributed by atoms with Gasteiger partial charge in [0.2, 0.25) is 0 Å². The highest BCUT2D eigenvalue weighted by Gasteiger charge is 2.38. The van der Waals surface area contributed by atoms with E-state index in [4.69, 9.17) is 4.98 Å². The molecule has 1 aliphatic carbocycles. The van der Waals surface area contributed by atoms with Gasteiger partial charge in [-0.05, 0) is 57.2 Å². The minimum absolute atomic E-state index is 0.0198. The van der Waals surface area contributed by atoms with Crippen LogP contribution in [-0.2, 0) is 19.8 Å². The third-order valence-corrected chi connectivity index (χ3v) is 9.17. The van der Waals surface area contributed by atoms with Gasteiger partial charge < -0.3 is 14.6 Å². The number of alkyl halides is 3. The molecule has 11 heteroatoms. The van der Waals surface area contributed by atoms with Crippen LogP contribution in [0.1, 0.15) is 82.3 Å². The lowest BCUT2D eigenvalue weighted by molar-refractivity contribution is -0.137. The van der Waals surface area contributed by atoms with E-state index in [9.17, 15) is 23.1 Å². The Labute approximate surface area is 238 Å². The molecule has 1 saturated heterocycles. The number of benzene rings is 1. The lowest BCUT2D eigenvalue weighted by Crippen LogP contribution is -2.58. The highest BCUT2D eigenvalue weighted by Crippen LogP contribution is 2.37. The molecule has 1 aromatic carbocycles. The molecule has 1 unspecified atom stereocenters. The van der Waals surface area contributed by atoms with Crippen LogP contribution in [0.2, 0.25) is 0 Å². The van der Waals surface area contributed by atoms with Crippen LogP contribution in [0, 0.1) is 6.92 Å². The lowest BCUT2D eigenvalue weighted by Gasteiger charge is -2.48. The number of anilines is 1. The minimum atomic E-state index is -4.36. The van der Waals surface area contributed by atoms with Crippen molar-refractivity contribution in [2.24, 2.45) is 7.05 Å². The van der Waals surface area contributed by atoms with E-state index in [2.05, 4.69) is 35.6 Å². The summed E-state index contributed by atoms with van der Waals surface area (Å²) in [6, 6.07) is 5.58. The maximum absolute atomic E-state index is 13.2. The predicted octanol–water partition coefficient (Wildman–Crippen LogP) is 5.20. The molecule has 5 rings (SSSR count). The first-order valence-electron chi connectivity index (χ1n) is 14.7. The Bertz CT molecular complexity index is 1440. The maximum atomic E-state index is 13.2. The van der Waals surface area contributed by atoms with Crippen molar-refractivity contribution in [2.75, 3.05) is 18.0 Å². The average Bonchev–Trinajstić information content (AvgIpc) is 3.50. The van der Waals surface area contributed by atoms with Crippen molar-refractivity contribution in [2.45, 2.75) is 103 Å². The van der Waals surface area contributed by atoms with Gasteiger partial charge in [-0.2, -0.15) is 18.2 Å². The number of imidazole rings is 1. The van der Waals surface area contributed by atoms with Crippen LogP contribution in [0.3, 0.4) is 0 Å². The summed E-state index contributed by atoms with van der Waals surface area (Å²) in [7, 11) is 1.70. The van der Waals surface area contributed by atoms with Crippen LogP contribution < -0.4 is 10.6 Å². The first kappa shape index (κ1) is 29.6. The SMILES string of the molecule is CCC(c1ccc(C(F)(F)F)cc1)N1C[C@H](C)N(c2nc(=O)n(C)c3c2nc(C)n3CC2(O)CCCC2)C[C@H]1CC. The summed E-state index contributed by atoms with van der Waals surface area (Å²) in [5.74, 6) is 1.28. The normalized spacial score (nSPS) is 22.5. The van der Waals surface area contributed by atoms with E-state index >= 15 is 0 Å². The van der Waals surface area contributed by atoms with Crippen molar-refractivity contribution >= 4 is 17.0 Å². The fourth-order valence-corrected chi connectivity index (χ4v) is 6.89. The van der Waals surface area contributed by atoms with Crippen LogP contribution in [0.4, 0.5) is 19.0 Å². The van der Waals surface area contributed by atoms with E-state index in [0.717, 1.165) is 49.9 Å². The van der Waals surface area contributed by atoms with Gasteiger partial charge in [-0.3, -0.25) is 9.47 Å². The van der Waals surface area contributed by atoms with E-state index in [0.29, 0.717) is 36.6 Å². The number of nitrogens with zero attached hydrogens (tertiary/aromatic N) is 6. The molecular formula is C30H41F3N6O2. The summed E-state index contributed by atoms with van der Waals surface area (Å²) in [5, 5.41) is 11.2. The summed E-state index contributed by atoms with van der Waals surface area (Å²) >= 11 is 0. The molecule has 0 amide bonds. The molecule has 0 bridgehead atoms. The minimum Gasteiger partial charge on any atom is -0.388 e. The second-order valence-electron chi connectivity index (χ2n) is 11.9. The highest BCUT2D eigenvalue weighted by atomic mass is 19.4. The van der Waals surface area contributed by atoms with E-state index in [1.165, 1.54) is 16.7 Å². The Morgan fingerprint density at radius 2 is 1.76 bits per heavy atom. The number of piperazine rings is 1. The molecule has 2 aliphatic rings. The molecule has 1 aliphatic heterocycles. The molecular weight excluding hydrogens is 533 g/mol. The first-order chi connectivity index (χ1) is 19.4. The van der Waals surface area contributed by atoms with Gasteiger partial charge in [-0.15, -0.1) is 0 Å². The monoisotopic (exact) mass is 574 g/mol. The third-order valence-electron chi connectivity index (χ3n) is 9.17. The van der Waals surface area contributed by atoms with Crippen LogP contribution >= 0.6 is 0 Å². The van der Waals surface area contributed by atoms with E-state index in [1.54, 1.807) is 19.2 Å². The number of rotatable bonds is 7.